The van der Waals surface area contributed by atoms with E-state index in [4.69, 9.17) is 9.47 Å². The first-order valence-electron chi connectivity index (χ1n) is 7.13. The number of carbonyl (C=O) groups excluding carboxylic acids is 1. The molecule has 1 aromatic heterocycles. The molecule has 0 fully saturated rings. The topological polar surface area (TPSA) is 64.2 Å². The van der Waals surface area contributed by atoms with E-state index in [0.29, 0.717) is 18.0 Å². The van der Waals surface area contributed by atoms with Gasteiger partial charge in [0.05, 0.1) is 35.9 Å². The molecule has 0 amide bonds. The lowest BCUT2D eigenvalue weighted by Crippen LogP contribution is -2.00. The highest BCUT2D eigenvalue weighted by Gasteiger charge is 2.13. The van der Waals surface area contributed by atoms with E-state index in [9.17, 15) is 4.79 Å². The first kappa shape index (κ1) is 15.6. The molecule has 0 aliphatic heterocycles. The van der Waals surface area contributed by atoms with Crippen molar-refractivity contribution in [3.05, 3.63) is 46.4 Å². The van der Waals surface area contributed by atoms with Crippen molar-refractivity contribution in [3.8, 4) is 17.1 Å². The highest BCUT2D eigenvalue weighted by molar-refractivity contribution is 9.10. The molecule has 1 N–H and O–H groups in total. The van der Waals surface area contributed by atoms with Gasteiger partial charge < -0.3 is 14.5 Å². The van der Waals surface area contributed by atoms with Gasteiger partial charge in [0, 0.05) is 4.47 Å². The van der Waals surface area contributed by atoms with Gasteiger partial charge in [0.1, 0.15) is 11.6 Å². The highest BCUT2D eigenvalue weighted by Crippen LogP contribution is 2.32. The predicted octanol–water partition coefficient (Wildman–Crippen LogP) is 4.18. The van der Waals surface area contributed by atoms with Gasteiger partial charge in [-0.25, -0.2) is 9.78 Å². The second kappa shape index (κ2) is 6.42. The van der Waals surface area contributed by atoms with Gasteiger partial charge in [-0.1, -0.05) is 15.9 Å². The molecule has 0 radical (unpaired) electrons. The molecule has 0 spiro atoms. The Kier molecular flexibility index (Phi) is 4.34. The number of imidazole rings is 1. The van der Waals surface area contributed by atoms with E-state index in [1.807, 2.05) is 25.1 Å². The molecule has 0 saturated carbocycles. The number of hydrogen-bond donors (Lipinski definition) is 1. The molecule has 5 nitrogen and oxygen atoms in total. The van der Waals surface area contributed by atoms with Crippen molar-refractivity contribution in [2.24, 2.45) is 0 Å². The van der Waals surface area contributed by atoms with Gasteiger partial charge >= 0.3 is 5.97 Å². The summed E-state index contributed by atoms with van der Waals surface area (Å²) < 4.78 is 11.3. The number of aromatic nitrogens is 2. The average molecular weight is 375 g/mol. The minimum atomic E-state index is -0.375. The van der Waals surface area contributed by atoms with Crippen molar-refractivity contribution in [2.45, 2.75) is 6.92 Å². The van der Waals surface area contributed by atoms with Crippen molar-refractivity contribution in [1.82, 2.24) is 9.97 Å². The number of nitrogens with one attached hydrogen (secondary N) is 1. The summed E-state index contributed by atoms with van der Waals surface area (Å²) in [5.74, 6) is 1.07. The smallest absolute Gasteiger partial charge is 0.337 e. The predicted molar refractivity (Wildman–Crippen MR) is 91.7 cm³/mol. The Bertz CT molecular complexity index is 873. The zero-order valence-corrected chi connectivity index (χ0v) is 14.3. The minimum Gasteiger partial charge on any atom is -0.493 e. The summed E-state index contributed by atoms with van der Waals surface area (Å²) >= 11 is 3.47. The molecule has 0 atom stereocenters. The van der Waals surface area contributed by atoms with Gasteiger partial charge in [-0.3, -0.25) is 0 Å². The molecule has 0 aliphatic rings. The van der Waals surface area contributed by atoms with Crippen LogP contribution in [0.15, 0.2) is 40.9 Å². The van der Waals surface area contributed by atoms with Crippen molar-refractivity contribution in [1.29, 1.82) is 0 Å². The molecule has 118 valence electrons. The van der Waals surface area contributed by atoms with Crippen molar-refractivity contribution in [2.75, 3.05) is 13.7 Å². The average Bonchev–Trinajstić information content (AvgIpc) is 2.98. The van der Waals surface area contributed by atoms with Crippen LogP contribution in [0.2, 0.25) is 0 Å². The second-order valence-corrected chi connectivity index (χ2v) is 5.80. The number of aromatic amines is 1. The number of benzene rings is 2. The summed E-state index contributed by atoms with van der Waals surface area (Å²) in [6.45, 7) is 2.51. The third-order valence-corrected chi connectivity index (χ3v) is 3.89. The fraction of sp³-hybridized carbons (Fsp3) is 0.176. The van der Waals surface area contributed by atoms with E-state index in [1.165, 1.54) is 7.11 Å². The van der Waals surface area contributed by atoms with Gasteiger partial charge in [-0.15, -0.1) is 0 Å². The molecule has 2 aromatic carbocycles. The van der Waals surface area contributed by atoms with Crippen LogP contribution in [0, 0.1) is 0 Å². The Morgan fingerprint density at radius 1 is 1.26 bits per heavy atom. The van der Waals surface area contributed by atoms with Crippen LogP contribution in [-0.4, -0.2) is 29.7 Å². The van der Waals surface area contributed by atoms with Gasteiger partial charge in [0.15, 0.2) is 0 Å². The van der Waals surface area contributed by atoms with E-state index < -0.39 is 0 Å². The zero-order valence-electron chi connectivity index (χ0n) is 12.7. The molecular formula is C17H15BrN2O3. The molecule has 3 aromatic rings. The van der Waals surface area contributed by atoms with E-state index in [-0.39, 0.29) is 5.97 Å². The Balaban J connectivity index is 2.10. The van der Waals surface area contributed by atoms with E-state index in [2.05, 4.69) is 25.9 Å². The number of H-pyrrole nitrogens is 1. The molecule has 0 aliphatic carbocycles. The Morgan fingerprint density at radius 2 is 2.09 bits per heavy atom. The normalized spacial score (nSPS) is 10.7. The maximum Gasteiger partial charge on any atom is 0.337 e. The van der Waals surface area contributed by atoms with Crippen LogP contribution in [-0.2, 0) is 4.74 Å². The lowest BCUT2D eigenvalue weighted by Gasteiger charge is -2.08. The van der Waals surface area contributed by atoms with E-state index >= 15 is 0 Å². The number of carbonyl (C=O) groups is 1. The summed E-state index contributed by atoms with van der Waals surface area (Å²) in [5, 5.41) is 0. The van der Waals surface area contributed by atoms with Gasteiger partial charge in [-0.2, -0.15) is 0 Å². The maximum atomic E-state index is 11.6. The summed E-state index contributed by atoms with van der Waals surface area (Å²) in [5.41, 5.74) is 2.88. The molecule has 1 heterocycles. The Morgan fingerprint density at radius 3 is 2.83 bits per heavy atom. The number of esters is 1. The summed E-state index contributed by atoms with van der Waals surface area (Å²) in [7, 11) is 1.36. The number of fused-ring (bicyclic) bond motifs is 1. The van der Waals surface area contributed by atoms with Crippen LogP contribution in [0.5, 0.6) is 5.75 Å². The lowest BCUT2D eigenvalue weighted by atomic mass is 10.2. The number of ether oxygens (including phenoxy) is 2. The maximum absolute atomic E-state index is 11.6. The van der Waals surface area contributed by atoms with E-state index in [1.54, 1.807) is 18.2 Å². The minimum absolute atomic E-state index is 0.375. The zero-order chi connectivity index (χ0) is 16.4. The SMILES string of the molecule is CCOc1ccc(Br)cc1-c1nc2ccc(C(=O)OC)cc2[nH]1. The summed E-state index contributed by atoms with van der Waals surface area (Å²) in [6, 6.07) is 11.0. The van der Waals surface area contributed by atoms with Gasteiger partial charge in [-0.05, 0) is 43.3 Å². The van der Waals surface area contributed by atoms with Crippen LogP contribution in [0.25, 0.3) is 22.4 Å². The summed E-state index contributed by atoms with van der Waals surface area (Å²) in [4.78, 5) is 19.5. The first-order chi connectivity index (χ1) is 11.1. The molecule has 0 saturated heterocycles. The quantitative estimate of drug-likeness (QED) is 0.695. The third-order valence-electron chi connectivity index (χ3n) is 3.40. The largest absolute Gasteiger partial charge is 0.493 e. The second-order valence-electron chi connectivity index (χ2n) is 4.88. The third kappa shape index (κ3) is 3.07. The molecule has 0 bridgehead atoms. The van der Waals surface area contributed by atoms with Crippen molar-refractivity contribution < 1.29 is 14.3 Å². The van der Waals surface area contributed by atoms with Gasteiger partial charge in [0.25, 0.3) is 0 Å². The number of halogens is 1. The molecule has 0 unspecified atom stereocenters. The number of methoxy groups -OCH3 is 1. The van der Waals surface area contributed by atoms with Gasteiger partial charge in [0.2, 0.25) is 0 Å². The highest BCUT2D eigenvalue weighted by atomic mass is 79.9. The monoisotopic (exact) mass is 374 g/mol. The van der Waals surface area contributed by atoms with Crippen molar-refractivity contribution in [3.63, 3.8) is 0 Å². The number of rotatable bonds is 4. The first-order valence-corrected chi connectivity index (χ1v) is 7.92. The van der Waals surface area contributed by atoms with Crippen molar-refractivity contribution >= 4 is 32.9 Å². The molecule has 23 heavy (non-hydrogen) atoms. The van der Waals surface area contributed by atoms with Crippen LogP contribution in [0.4, 0.5) is 0 Å². The Labute approximate surface area is 141 Å². The standard InChI is InChI=1S/C17H15BrN2O3/c1-3-23-15-7-5-11(18)9-12(15)16-19-13-6-4-10(17(21)22-2)8-14(13)20-16/h4-9H,3H2,1-2H3,(H,19,20). The van der Waals surface area contributed by atoms with Crippen LogP contribution in [0.1, 0.15) is 17.3 Å². The lowest BCUT2D eigenvalue weighted by molar-refractivity contribution is 0.0601. The van der Waals surface area contributed by atoms with E-state index in [0.717, 1.165) is 26.8 Å². The molecule has 3 rings (SSSR count). The number of nitrogens with zero attached hydrogens (tertiary/aromatic N) is 1. The molecule has 6 heteroatoms. The Hall–Kier alpha value is -2.34. The molecular weight excluding hydrogens is 360 g/mol. The van der Waals surface area contributed by atoms with Crippen LogP contribution < -0.4 is 4.74 Å². The fourth-order valence-corrected chi connectivity index (χ4v) is 2.71. The summed E-state index contributed by atoms with van der Waals surface area (Å²) in [6.07, 6.45) is 0. The van der Waals surface area contributed by atoms with Crippen LogP contribution in [0.3, 0.4) is 0 Å². The fourth-order valence-electron chi connectivity index (χ4n) is 2.35. The van der Waals surface area contributed by atoms with Crippen LogP contribution >= 0.6 is 15.9 Å². The number of hydrogen-bond acceptors (Lipinski definition) is 4.